The third-order valence-corrected chi connectivity index (χ3v) is 4.56. The molecule has 94 valence electrons. The molecule has 0 radical (unpaired) electrons. The fourth-order valence-corrected chi connectivity index (χ4v) is 3.35. The van der Waals surface area contributed by atoms with Gasteiger partial charge in [-0.15, -0.1) is 10.2 Å². The van der Waals surface area contributed by atoms with Gasteiger partial charge in [0.1, 0.15) is 5.82 Å². The Kier molecular flexibility index (Phi) is 3.35. The van der Waals surface area contributed by atoms with Crippen LogP contribution in [-0.4, -0.2) is 33.2 Å². The van der Waals surface area contributed by atoms with E-state index in [0.717, 1.165) is 37.0 Å². The van der Waals surface area contributed by atoms with E-state index in [4.69, 9.17) is 10.5 Å². The Morgan fingerprint density at radius 2 is 2.00 bits per heavy atom. The number of aromatic nitrogens is 3. The van der Waals surface area contributed by atoms with E-state index in [1.807, 2.05) is 11.8 Å². The van der Waals surface area contributed by atoms with Crippen molar-refractivity contribution in [1.29, 1.82) is 0 Å². The molecule has 1 aliphatic heterocycles. The molecule has 5 nitrogen and oxygen atoms in total. The molecule has 2 heterocycles. The lowest BCUT2D eigenvalue weighted by Gasteiger charge is -2.21. The van der Waals surface area contributed by atoms with Gasteiger partial charge in [-0.05, 0) is 25.7 Å². The number of nitrogens with two attached hydrogens (primary N) is 1. The smallest absolute Gasteiger partial charge is 0.191 e. The predicted molar refractivity (Wildman–Crippen MR) is 65.9 cm³/mol. The lowest BCUT2D eigenvalue weighted by Crippen LogP contribution is -2.18. The molecule has 3 rings (SSSR count). The summed E-state index contributed by atoms with van der Waals surface area (Å²) in [5.74, 6) is 0.932. The van der Waals surface area contributed by atoms with Gasteiger partial charge in [0.05, 0.1) is 6.54 Å². The van der Waals surface area contributed by atoms with Crippen molar-refractivity contribution in [3.05, 3.63) is 5.82 Å². The molecule has 2 fully saturated rings. The minimum Gasteiger partial charge on any atom is -0.381 e. The van der Waals surface area contributed by atoms with Crippen LogP contribution < -0.4 is 5.73 Å². The number of rotatable bonds is 4. The molecule has 2 aliphatic rings. The minimum atomic E-state index is 0.484. The lowest BCUT2D eigenvalue weighted by molar-refractivity contribution is 0.0999. The van der Waals surface area contributed by atoms with Crippen LogP contribution in [0.25, 0.3) is 0 Å². The van der Waals surface area contributed by atoms with Gasteiger partial charge in [0, 0.05) is 24.5 Å². The molecule has 0 aromatic carbocycles. The molecule has 6 heteroatoms. The van der Waals surface area contributed by atoms with Gasteiger partial charge in [0.2, 0.25) is 0 Å². The van der Waals surface area contributed by atoms with Crippen molar-refractivity contribution < 1.29 is 4.74 Å². The molecule has 1 saturated carbocycles. The standard InChI is InChI=1S/C11H18N4OS/c12-7-10-13-14-11(15(10)8-1-2-8)17-9-3-5-16-6-4-9/h8-9H,1-7,12H2. The van der Waals surface area contributed by atoms with E-state index in [2.05, 4.69) is 14.8 Å². The maximum absolute atomic E-state index is 5.71. The van der Waals surface area contributed by atoms with Crippen molar-refractivity contribution in [1.82, 2.24) is 14.8 Å². The first-order chi connectivity index (χ1) is 8.38. The van der Waals surface area contributed by atoms with Gasteiger partial charge in [-0.25, -0.2) is 0 Å². The van der Waals surface area contributed by atoms with Crippen molar-refractivity contribution in [3.63, 3.8) is 0 Å². The van der Waals surface area contributed by atoms with Gasteiger partial charge in [0.25, 0.3) is 0 Å². The Morgan fingerprint density at radius 3 is 2.65 bits per heavy atom. The molecule has 1 saturated heterocycles. The topological polar surface area (TPSA) is 66.0 Å². The molecular formula is C11H18N4OS. The van der Waals surface area contributed by atoms with Crippen LogP contribution in [0.2, 0.25) is 0 Å². The summed E-state index contributed by atoms with van der Waals surface area (Å²) in [4.78, 5) is 0. The van der Waals surface area contributed by atoms with Crippen molar-refractivity contribution in [3.8, 4) is 0 Å². The van der Waals surface area contributed by atoms with Gasteiger partial charge in [-0.2, -0.15) is 0 Å². The van der Waals surface area contributed by atoms with E-state index in [1.165, 1.54) is 12.8 Å². The van der Waals surface area contributed by atoms with E-state index in [-0.39, 0.29) is 0 Å². The second kappa shape index (κ2) is 4.96. The maximum atomic E-state index is 5.71. The quantitative estimate of drug-likeness (QED) is 0.878. The summed E-state index contributed by atoms with van der Waals surface area (Å²) >= 11 is 1.85. The summed E-state index contributed by atoms with van der Waals surface area (Å²) in [6.07, 6.45) is 4.71. The van der Waals surface area contributed by atoms with Gasteiger partial charge >= 0.3 is 0 Å². The summed E-state index contributed by atoms with van der Waals surface area (Å²) in [5.41, 5.74) is 5.71. The van der Waals surface area contributed by atoms with Crippen LogP contribution >= 0.6 is 11.8 Å². The second-order valence-corrected chi connectivity index (χ2v) is 5.90. The van der Waals surface area contributed by atoms with E-state index in [9.17, 15) is 0 Å². The number of ether oxygens (including phenoxy) is 1. The zero-order valence-electron chi connectivity index (χ0n) is 9.84. The highest BCUT2D eigenvalue weighted by Crippen LogP contribution is 2.40. The van der Waals surface area contributed by atoms with Crippen LogP contribution in [0.1, 0.15) is 37.5 Å². The fourth-order valence-electron chi connectivity index (χ4n) is 2.17. The van der Waals surface area contributed by atoms with Crippen molar-refractivity contribution in [2.45, 2.75) is 48.7 Å². The van der Waals surface area contributed by atoms with E-state index in [1.54, 1.807) is 0 Å². The second-order valence-electron chi connectivity index (χ2n) is 4.63. The molecule has 0 amide bonds. The summed E-state index contributed by atoms with van der Waals surface area (Å²) in [6, 6.07) is 0.603. The first-order valence-corrected chi connectivity index (χ1v) is 7.14. The van der Waals surface area contributed by atoms with Crippen molar-refractivity contribution in [2.24, 2.45) is 5.73 Å². The largest absolute Gasteiger partial charge is 0.381 e. The number of thioether (sulfide) groups is 1. The Hall–Kier alpha value is -0.590. The third-order valence-electron chi connectivity index (χ3n) is 3.27. The first-order valence-electron chi connectivity index (χ1n) is 6.26. The van der Waals surface area contributed by atoms with E-state index < -0.39 is 0 Å². The Bertz CT molecular complexity index is 385. The summed E-state index contributed by atoms with van der Waals surface area (Å²) in [6.45, 7) is 2.23. The molecule has 2 N–H and O–H groups in total. The van der Waals surface area contributed by atoms with Crippen LogP contribution in [0, 0.1) is 0 Å². The maximum Gasteiger partial charge on any atom is 0.191 e. The number of nitrogens with zero attached hydrogens (tertiary/aromatic N) is 3. The molecule has 0 unspecified atom stereocenters. The van der Waals surface area contributed by atoms with Crippen LogP contribution in [0.4, 0.5) is 0 Å². The highest BCUT2D eigenvalue weighted by Gasteiger charge is 2.30. The average Bonchev–Trinajstić information content (AvgIpc) is 3.13. The van der Waals surface area contributed by atoms with Gasteiger partial charge < -0.3 is 15.0 Å². The van der Waals surface area contributed by atoms with Crippen LogP contribution in [0.15, 0.2) is 5.16 Å². The van der Waals surface area contributed by atoms with Crippen molar-refractivity contribution in [2.75, 3.05) is 13.2 Å². The normalized spacial score (nSPS) is 21.9. The molecule has 0 spiro atoms. The lowest BCUT2D eigenvalue weighted by atomic mass is 10.2. The zero-order valence-corrected chi connectivity index (χ0v) is 10.7. The van der Waals surface area contributed by atoms with Crippen LogP contribution in [0.5, 0.6) is 0 Å². The number of hydrogen-bond donors (Lipinski definition) is 1. The molecule has 17 heavy (non-hydrogen) atoms. The SMILES string of the molecule is NCc1nnc(SC2CCOCC2)n1C1CC1. The first kappa shape index (κ1) is 11.5. The third kappa shape index (κ3) is 2.48. The molecule has 1 aliphatic carbocycles. The van der Waals surface area contributed by atoms with E-state index in [0.29, 0.717) is 17.8 Å². The average molecular weight is 254 g/mol. The summed E-state index contributed by atoms with van der Waals surface area (Å²) < 4.78 is 7.63. The number of hydrogen-bond acceptors (Lipinski definition) is 5. The molecule has 1 aromatic heterocycles. The monoisotopic (exact) mass is 254 g/mol. The summed E-state index contributed by atoms with van der Waals surface area (Å²) in [7, 11) is 0. The minimum absolute atomic E-state index is 0.484. The Labute approximate surface area is 105 Å². The van der Waals surface area contributed by atoms with Crippen molar-refractivity contribution >= 4 is 11.8 Å². The predicted octanol–water partition coefficient (Wildman–Crippen LogP) is 1.34. The fraction of sp³-hybridized carbons (Fsp3) is 0.818. The van der Waals surface area contributed by atoms with Crippen LogP contribution in [0.3, 0.4) is 0 Å². The van der Waals surface area contributed by atoms with Gasteiger partial charge in [-0.1, -0.05) is 11.8 Å². The molecule has 0 atom stereocenters. The van der Waals surface area contributed by atoms with E-state index >= 15 is 0 Å². The highest BCUT2D eigenvalue weighted by molar-refractivity contribution is 7.99. The molecule has 0 bridgehead atoms. The molecular weight excluding hydrogens is 236 g/mol. The van der Waals surface area contributed by atoms with Gasteiger partial charge in [0.15, 0.2) is 5.16 Å². The van der Waals surface area contributed by atoms with Gasteiger partial charge in [-0.3, -0.25) is 0 Å². The molecule has 1 aromatic rings. The Morgan fingerprint density at radius 1 is 1.24 bits per heavy atom. The zero-order chi connectivity index (χ0) is 11.7. The van der Waals surface area contributed by atoms with Crippen LogP contribution in [-0.2, 0) is 11.3 Å². The summed E-state index contributed by atoms with van der Waals surface area (Å²) in [5, 5.41) is 10.2. The Balaban J connectivity index is 1.74. The highest BCUT2D eigenvalue weighted by atomic mass is 32.2.